The molecule has 6 aromatic heterocycles. The first-order chi connectivity index (χ1) is 47.0. The van der Waals surface area contributed by atoms with Crippen LogP contribution in [0.15, 0.2) is 268 Å². The fraction of sp³-hybridized carbons (Fsp3) is 0.209. The van der Waals surface area contributed by atoms with Gasteiger partial charge in [-0.3, -0.25) is 0 Å². The van der Waals surface area contributed by atoms with Crippen molar-refractivity contribution in [3.63, 3.8) is 0 Å². The van der Waals surface area contributed by atoms with Crippen molar-refractivity contribution in [3.8, 4) is 112 Å². The normalized spacial score (nSPS) is 12.1. The van der Waals surface area contributed by atoms with Crippen molar-refractivity contribution in [2.45, 2.75) is 86.5 Å². The quantitative estimate of drug-likeness (QED) is 0.115. The minimum Gasteiger partial charge on any atom is -0.201 e. The second-order valence-corrected chi connectivity index (χ2v) is 26.9. The first kappa shape index (κ1) is 66.5. The second kappa shape index (κ2) is 29.6. The summed E-state index contributed by atoms with van der Waals surface area (Å²) < 4.78 is 13.2. The highest BCUT2D eigenvalue weighted by atomic mass is 14.9. The molecule has 0 spiro atoms. The van der Waals surface area contributed by atoms with Gasteiger partial charge in [-0.25, -0.2) is 27.4 Å². The first-order valence-corrected chi connectivity index (χ1v) is 34.5. The van der Waals surface area contributed by atoms with Crippen LogP contribution >= 0.6 is 0 Å². The van der Waals surface area contributed by atoms with E-state index in [0.717, 1.165) is 5.92 Å². The summed E-state index contributed by atoms with van der Waals surface area (Å²) in [6, 6.07) is 83.9. The van der Waals surface area contributed by atoms with Gasteiger partial charge in [0.2, 0.25) is 34.2 Å². The summed E-state index contributed by atoms with van der Waals surface area (Å²) >= 11 is 0. The number of rotatable bonds is 11. The molecule has 1 fully saturated rings. The van der Waals surface area contributed by atoms with Gasteiger partial charge in [0.15, 0.2) is 37.2 Å². The van der Waals surface area contributed by atoms with Crippen molar-refractivity contribution in [2.75, 3.05) is 0 Å². The van der Waals surface area contributed by atoms with Gasteiger partial charge < -0.3 is 0 Å². The Kier molecular flexibility index (Phi) is 20.3. The van der Waals surface area contributed by atoms with Crippen LogP contribution in [0.5, 0.6) is 0 Å². The van der Waals surface area contributed by atoms with E-state index in [-0.39, 0.29) is 0 Å². The summed E-state index contributed by atoms with van der Waals surface area (Å²) in [5.41, 5.74) is 35.8. The molecule has 97 heavy (non-hydrogen) atoms. The molecular formula is C91H94N6+6. The molecule has 482 valence electrons. The molecule has 14 rings (SSSR count). The monoisotopic (exact) mass is 1270 g/mol. The van der Waals surface area contributed by atoms with Crippen molar-refractivity contribution >= 4 is 0 Å². The third-order valence-electron chi connectivity index (χ3n) is 20.2. The third kappa shape index (κ3) is 14.5. The third-order valence-corrected chi connectivity index (χ3v) is 20.2. The average molecular weight is 1270 g/mol. The molecule has 6 heterocycles. The lowest BCUT2D eigenvalue weighted by molar-refractivity contribution is -0.660. The molecule has 6 nitrogen and oxygen atoms in total. The van der Waals surface area contributed by atoms with Gasteiger partial charge in [0.05, 0.1) is 33.4 Å². The van der Waals surface area contributed by atoms with E-state index in [4.69, 9.17) is 0 Å². The van der Waals surface area contributed by atoms with Crippen LogP contribution in [0.2, 0.25) is 0 Å². The van der Waals surface area contributed by atoms with E-state index in [1.807, 2.05) is 0 Å². The van der Waals surface area contributed by atoms with Gasteiger partial charge in [0.1, 0.15) is 42.3 Å². The zero-order valence-electron chi connectivity index (χ0n) is 59.2. The van der Waals surface area contributed by atoms with Crippen LogP contribution in [-0.2, 0) is 42.3 Å². The topological polar surface area (TPSA) is 23.3 Å². The zero-order chi connectivity index (χ0) is 67.9. The molecule has 0 saturated heterocycles. The van der Waals surface area contributed by atoms with Gasteiger partial charge in [-0.1, -0.05) is 110 Å². The number of benzene rings is 7. The lowest BCUT2D eigenvalue weighted by atomic mass is 9.82. The maximum Gasteiger partial charge on any atom is 0.212 e. The Morgan fingerprint density at radius 2 is 0.536 bits per heavy atom. The molecule has 13 aromatic rings. The molecule has 0 atom stereocenters. The minimum absolute atomic E-state index is 0.734. The number of aryl methyl sites for hydroxylation is 10. The SMILES string of the molecule is Cc1cc(-c2ccccc2)ccc1-c1cc(-c2cccc[n+]2C)c(C)c(-c2cccc[n+]2C)c1.Cc1cc(C2CCCCC2)ccc1-c1cc(-c2cccc[n+]2C)c(C)c(-c2cccc[n+]2C)c1.Cc1ccc(-c2cc(-c3cccc[n+]3C)c(C)c(-c3cccc[n+]3C)c2)c(C)c1. The van der Waals surface area contributed by atoms with Crippen LogP contribution in [0.25, 0.3) is 112 Å². The Bertz CT molecular complexity index is 4810. The van der Waals surface area contributed by atoms with Crippen LogP contribution in [0, 0.1) is 48.5 Å². The summed E-state index contributed by atoms with van der Waals surface area (Å²) in [7, 11) is 12.7. The predicted molar refractivity (Wildman–Crippen MR) is 400 cm³/mol. The fourth-order valence-corrected chi connectivity index (χ4v) is 14.7. The lowest BCUT2D eigenvalue weighted by Crippen LogP contribution is -2.31. The van der Waals surface area contributed by atoms with Crippen molar-refractivity contribution in [1.29, 1.82) is 0 Å². The highest BCUT2D eigenvalue weighted by Crippen LogP contribution is 2.41. The molecule has 0 N–H and O–H groups in total. The molecule has 0 radical (unpaired) electrons. The Morgan fingerprint density at radius 3 is 0.845 bits per heavy atom. The Morgan fingerprint density at radius 1 is 0.237 bits per heavy atom. The summed E-state index contributed by atoms with van der Waals surface area (Å²) in [5.74, 6) is 0.734. The van der Waals surface area contributed by atoms with Crippen LogP contribution < -0.4 is 27.4 Å². The molecular weight excluding hydrogens is 1180 g/mol. The number of pyridine rings is 6. The largest absolute Gasteiger partial charge is 0.212 e. The summed E-state index contributed by atoms with van der Waals surface area (Å²) in [6.45, 7) is 15.6. The molecule has 0 unspecified atom stereocenters. The van der Waals surface area contributed by atoms with E-state index in [2.05, 4.69) is 386 Å². The molecule has 1 aliphatic carbocycles. The van der Waals surface area contributed by atoms with Crippen molar-refractivity contribution in [3.05, 3.63) is 312 Å². The molecule has 6 heteroatoms. The van der Waals surface area contributed by atoms with Crippen LogP contribution in [0.1, 0.15) is 82.5 Å². The van der Waals surface area contributed by atoms with E-state index < -0.39 is 0 Å². The minimum atomic E-state index is 0.734. The van der Waals surface area contributed by atoms with Gasteiger partial charge in [0.25, 0.3) is 0 Å². The molecule has 1 aliphatic rings. The van der Waals surface area contributed by atoms with E-state index in [0.29, 0.717) is 0 Å². The van der Waals surface area contributed by atoms with Crippen molar-refractivity contribution in [1.82, 2.24) is 0 Å². The molecule has 1 saturated carbocycles. The summed E-state index contributed by atoms with van der Waals surface area (Å²) in [5, 5.41) is 0. The fourth-order valence-electron chi connectivity index (χ4n) is 14.7. The van der Waals surface area contributed by atoms with Gasteiger partial charge >= 0.3 is 0 Å². The maximum absolute atomic E-state index is 2.45. The highest BCUT2D eigenvalue weighted by Gasteiger charge is 2.26. The van der Waals surface area contributed by atoms with E-state index in [1.54, 1.807) is 0 Å². The first-order valence-electron chi connectivity index (χ1n) is 34.5. The van der Waals surface area contributed by atoms with E-state index in [1.165, 1.54) is 189 Å². The molecule has 0 amide bonds. The van der Waals surface area contributed by atoms with Crippen LogP contribution in [-0.4, -0.2) is 0 Å². The molecule has 7 aromatic carbocycles. The van der Waals surface area contributed by atoms with Gasteiger partial charge in [0, 0.05) is 72.8 Å². The molecule has 0 aliphatic heterocycles. The smallest absolute Gasteiger partial charge is 0.201 e. The van der Waals surface area contributed by atoms with E-state index >= 15 is 0 Å². The number of hydrogen-bond donors (Lipinski definition) is 0. The summed E-state index contributed by atoms with van der Waals surface area (Å²) in [6.07, 6.45) is 19.5. The van der Waals surface area contributed by atoms with Gasteiger partial charge in [-0.05, 0) is 223 Å². The van der Waals surface area contributed by atoms with Crippen molar-refractivity contribution in [2.24, 2.45) is 42.3 Å². The standard InChI is InChI=1S/C32H36N2.C32H30N2.C27H28N2/c2*1-23-20-26(25-12-6-5-7-13-25)16-17-28(23)27-21-29(31-14-8-10-18-33(31)3)24(2)30(22-27)32-15-9-11-19-34(32)4;1-19-12-13-23(20(2)16-19)22-17-24(26-10-6-8-14-28(26)4)21(3)25(18-22)27-11-7-9-15-29(27)5/h8-11,14-22,25H,5-7,12-13H2,1-4H3;5-22H,1-4H3;6-18H,1-5H3/q3*+2. The maximum atomic E-state index is 2.45. The Labute approximate surface area is 577 Å². The second-order valence-electron chi connectivity index (χ2n) is 26.9. The Balaban J connectivity index is 0.000000139. The Hall–Kier alpha value is -10.6. The number of aromatic nitrogens is 6. The number of hydrogen-bond acceptors (Lipinski definition) is 0. The van der Waals surface area contributed by atoms with Crippen molar-refractivity contribution < 1.29 is 27.4 Å². The highest BCUT2D eigenvalue weighted by molar-refractivity contribution is 5.86. The van der Waals surface area contributed by atoms with Gasteiger partial charge in [-0.15, -0.1) is 0 Å². The summed E-state index contributed by atoms with van der Waals surface area (Å²) in [4.78, 5) is 0. The van der Waals surface area contributed by atoms with E-state index in [9.17, 15) is 0 Å². The molecule has 0 bridgehead atoms. The van der Waals surface area contributed by atoms with Crippen LogP contribution in [0.4, 0.5) is 0 Å². The lowest BCUT2D eigenvalue weighted by Gasteiger charge is -2.23. The van der Waals surface area contributed by atoms with Gasteiger partial charge in [-0.2, -0.15) is 0 Å². The predicted octanol–water partition coefficient (Wildman–Crippen LogP) is 18.9. The van der Waals surface area contributed by atoms with Crippen LogP contribution in [0.3, 0.4) is 0 Å². The zero-order valence-corrected chi connectivity index (χ0v) is 59.2. The number of nitrogens with zero attached hydrogens (tertiary/aromatic N) is 6. The average Bonchev–Trinajstić information content (AvgIpc) is 0.788.